The van der Waals surface area contributed by atoms with E-state index in [-0.39, 0.29) is 54.6 Å². The third-order valence-corrected chi connectivity index (χ3v) is 6.53. The van der Waals surface area contributed by atoms with E-state index in [2.05, 4.69) is 5.10 Å². The summed E-state index contributed by atoms with van der Waals surface area (Å²) in [5, 5.41) is 13.4. The zero-order chi connectivity index (χ0) is 27.7. The molecule has 0 saturated carbocycles. The molecule has 5 rings (SSSR count). The number of carboxylic acid groups (broad SMARTS) is 1. The van der Waals surface area contributed by atoms with Gasteiger partial charge in [0, 0.05) is 30.8 Å². The van der Waals surface area contributed by atoms with E-state index in [0.29, 0.717) is 11.3 Å². The summed E-state index contributed by atoms with van der Waals surface area (Å²) in [6, 6.07) is 5.31. The summed E-state index contributed by atoms with van der Waals surface area (Å²) < 4.78 is 54.7. The number of carbonyl (C=O) groups excluding carboxylic acids is 1. The van der Waals surface area contributed by atoms with Gasteiger partial charge in [-0.15, -0.1) is 0 Å². The summed E-state index contributed by atoms with van der Waals surface area (Å²) >= 11 is 0. The fourth-order valence-corrected chi connectivity index (χ4v) is 4.62. The number of ether oxygens (including phenoxy) is 2. The number of hydrogen-bond donors (Lipinski definition) is 1. The van der Waals surface area contributed by atoms with Crippen LogP contribution in [0, 0.1) is 17.5 Å². The predicted octanol–water partition coefficient (Wildman–Crippen LogP) is 4.89. The van der Waals surface area contributed by atoms with Crippen LogP contribution in [-0.4, -0.2) is 51.4 Å². The van der Waals surface area contributed by atoms with Crippen molar-refractivity contribution in [3.8, 4) is 22.8 Å². The quantitative estimate of drug-likeness (QED) is 0.438. The largest absolute Gasteiger partial charge is 0.489 e. The topological polar surface area (TPSA) is 93.9 Å². The number of amides is 1. The Morgan fingerprint density at radius 1 is 1.13 bits per heavy atom. The number of hydrogen-bond acceptors (Lipinski definition) is 5. The lowest BCUT2D eigenvalue weighted by molar-refractivity contribution is 0.0693. The second kappa shape index (κ2) is 10.7. The van der Waals surface area contributed by atoms with Crippen LogP contribution in [0.2, 0.25) is 0 Å². The first-order valence-corrected chi connectivity index (χ1v) is 12.2. The first-order valence-electron chi connectivity index (χ1n) is 12.2. The molecule has 0 bridgehead atoms. The Labute approximate surface area is 221 Å². The highest BCUT2D eigenvalue weighted by Gasteiger charge is 2.32. The average Bonchev–Trinajstić information content (AvgIpc) is 3.26. The van der Waals surface area contributed by atoms with E-state index in [0.717, 1.165) is 36.6 Å². The van der Waals surface area contributed by atoms with E-state index < -0.39 is 29.3 Å². The molecule has 2 heterocycles. The van der Waals surface area contributed by atoms with Gasteiger partial charge in [-0.2, -0.15) is 5.10 Å². The molecule has 3 aromatic rings. The fourth-order valence-electron chi connectivity index (χ4n) is 4.62. The molecule has 1 amide bonds. The van der Waals surface area contributed by atoms with Crippen molar-refractivity contribution >= 4 is 11.9 Å². The van der Waals surface area contributed by atoms with Crippen LogP contribution in [0.5, 0.6) is 11.5 Å². The van der Waals surface area contributed by atoms with Crippen molar-refractivity contribution in [3.05, 3.63) is 88.4 Å². The van der Waals surface area contributed by atoms with Crippen molar-refractivity contribution in [3.63, 3.8) is 0 Å². The minimum absolute atomic E-state index is 0.0591. The van der Waals surface area contributed by atoms with E-state index in [4.69, 9.17) is 14.6 Å². The SMILES string of the molecule is Cn1nc(C(=O)N(CCOc2ccc(C(=O)O)cc2F)CC2=CCCC=C2)c2c1-c1cc(F)c(F)cc1OC2. The Morgan fingerprint density at radius 2 is 1.92 bits per heavy atom. The molecule has 1 aromatic heterocycles. The average molecular weight is 540 g/mol. The van der Waals surface area contributed by atoms with Crippen molar-refractivity contribution in [2.45, 2.75) is 19.4 Å². The molecule has 39 heavy (non-hydrogen) atoms. The molecule has 0 radical (unpaired) electrons. The molecule has 1 N–H and O–H groups in total. The van der Waals surface area contributed by atoms with E-state index >= 15 is 0 Å². The number of carbonyl (C=O) groups is 2. The maximum absolute atomic E-state index is 14.3. The minimum Gasteiger partial charge on any atom is -0.489 e. The van der Waals surface area contributed by atoms with Crippen LogP contribution in [0.3, 0.4) is 0 Å². The molecule has 1 aliphatic heterocycles. The number of aromatic carboxylic acids is 1. The van der Waals surface area contributed by atoms with Crippen LogP contribution in [0.4, 0.5) is 13.2 Å². The van der Waals surface area contributed by atoms with E-state index in [1.54, 1.807) is 7.05 Å². The lowest BCUT2D eigenvalue weighted by atomic mass is 10.0. The Hall–Kier alpha value is -4.54. The first kappa shape index (κ1) is 26.1. The molecule has 0 saturated heterocycles. The Bertz CT molecular complexity index is 1530. The molecule has 0 spiro atoms. The molecule has 202 valence electrons. The number of aryl methyl sites for hydroxylation is 1. The van der Waals surface area contributed by atoms with Crippen LogP contribution in [0.25, 0.3) is 11.3 Å². The number of allylic oxidation sites excluding steroid dienone is 2. The van der Waals surface area contributed by atoms with Crippen molar-refractivity contribution in [2.75, 3.05) is 19.7 Å². The van der Waals surface area contributed by atoms with Gasteiger partial charge in [0.15, 0.2) is 28.9 Å². The number of benzene rings is 2. The van der Waals surface area contributed by atoms with Crippen molar-refractivity contribution in [1.29, 1.82) is 0 Å². The van der Waals surface area contributed by atoms with E-state index in [1.807, 2.05) is 18.2 Å². The monoisotopic (exact) mass is 539 g/mol. The van der Waals surface area contributed by atoms with Gasteiger partial charge < -0.3 is 19.5 Å². The number of rotatable bonds is 8. The highest BCUT2D eigenvalue weighted by Crippen LogP contribution is 2.40. The molecule has 2 aliphatic rings. The van der Waals surface area contributed by atoms with E-state index in [9.17, 15) is 22.8 Å². The maximum Gasteiger partial charge on any atom is 0.335 e. The molecular formula is C28H24F3N3O5. The molecule has 1 aliphatic carbocycles. The van der Waals surface area contributed by atoms with Gasteiger partial charge in [0.2, 0.25) is 0 Å². The summed E-state index contributed by atoms with van der Waals surface area (Å²) in [5.74, 6) is -4.59. The van der Waals surface area contributed by atoms with Crippen LogP contribution in [-0.2, 0) is 13.7 Å². The van der Waals surface area contributed by atoms with Gasteiger partial charge in [-0.25, -0.2) is 18.0 Å². The van der Waals surface area contributed by atoms with Gasteiger partial charge in [0.25, 0.3) is 5.91 Å². The summed E-state index contributed by atoms with van der Waals surface area (Å²) in [7, 11) is 1.61. The standard InChI is InChI=1S/C28H24F3N3O5/c1-33-26-18-12-20(29)21(30)13-24(18)39-15-19(26)25(32-33)27(35)34(14-16-5-3-2-4-6-16)9-10-38-23-8-7-17(28(36)37)11-22(23)31/h3,5-8,11-13H,2,4,9-10,14-15H2,1H3,(H,36,37). The van der Waals surface area contributed by atoms with Gasteiger partial charge in [-0.05, 0) is 42.7 Å². The number of fused-ring (bicyclic) bond motifs is 3. The number of aromatic nitrogens is 2. The molecular weight excluding hydrogens is 515 g/mol. The normalized spacial score (nSPS) is 13.7. The molecule has 11 heteroatoms. The van der Waals surface area contributed by atoms with Gasteiger partial charge in [0.1, 0.15) is 19.0 Å². The third kappa shape index (κ3) is 5.25. The summed E-state index contributed by atoms with van der Waals surface area (Å²) in [6.45, 7) is 0.163. The number of carboxylic acids is 1. The molecule has 2 aromatic carbocycles. The zero-order valence-electron chi connectivity index (χ0n) is 20.9. The lowest BCUT2D eigenvalue weighted by Gasteiger charge is -2.24. The second-order valence-electron chi connectivity index (χ2n) is 9.13. The first-order chi connectivity index (χ1) is 18.7. The highest BCUT2D eigenvalue weighted by molar-refractivity contribution is 5.96. The fraction of sp³-hybridized carbons (Fsp3) is 0.250. The molecule has 8 nitrogen and oxygen atoms in total. The van der Waals surface area contributed by atoms with Crippen molar-refractivity contribution < 1.29 is 37.3 Å². The number of halogens is 3. The Morgan fingerprint density at radius 3 is 2.64 bits per heavy atom. The van der Waals surface area contributed by atoms with Gasteiger partial charge in [-0.1, -0.05) is 18.2 Å². The van der Waals surface area contributed by atoms with Crippen LogP contribution < -0.4 is 9.47 Å². The second-order valence-corrected chi connectivity index (χ2v) is 9.13. The summed E-state index contributed by atoms with van der Waals surface area (Å²) in [5.41, 5.74) is 1.98. The lowest BCUT2D eigenvalue weighted by Crippen LogP contribution is -2.37. The van der Waals surface area contributed by atoms with Crippen LogP contribution in [0.1, 0.15) is 39.3 Å². The smallest absolute Gasteiger partial charge is 0.335 e. The summed E-state index contributed by atoms with van der Waals surface area (Å²) in [6.07, 6.45) is 7.69. The molecule has 0 unspecified atom stereocenters. The van der Waals surface area contributed by atoms with Crippen molar-refractivity contribution in [2.24, 2.45) is 7.05 Å². The molecule has 0 fully saturated rings. The van der Waals surface area contributed by atoms with Gasteiger partial charge >= 0.3 is 5.97 Å². The highest BCUT2D eigenvalue weighted by atomic mass is 19.2. The van der Waals surface area contributed by atoms with Crippen LogP contribution in [0.15, 0.2) is 54.1 Å². The maximum atomic E-state index is 14.3. The minimum atomic E-state index is -1.26. The van der Waals surface area contributed by atoms with Crippen LogP contribution >= 0.6 is 0 Å². The Balaban J connectivity index is 1.41. The van der Waals surface area contributed by atoms with Crippen molar-refractivity contribution in [1.82, 2.24) is 14.7 Å². The Kier molecular flexibility index (Phi) is 7.14. The van der Waals surface area contributed by atoms with Gasteiger partial charge in [0.05, 0.1) is 17.8 Å². The zero-order valence-corrected chi connectivity index (χ0v) is 20.9. The third-order valence-electron chi connectivity index (χ3n) is 6.53. The van der Waals surface area contributed by atoms with E-state index in [1.165, 1.54) is 21.7 Å². The summed E-state index contributed by atoms with van der Waals surface area (Å²) in [4.78, 5) is 26.3. The van der Waals surface area contributed by atoms with Gasteiger partial charge in [-0.3, -0.25) is 9.48 Å². The molecule has 0 atom stereocenters. The number of nitrogens with zero attached hydrogens (tertiary/aromatic N) is 3. The predicted molar refractivity (Wildman–Crippen MR) is 134 cm³/mol.